The molecule has 0 saturated heterocycles. The molecule has 0 spiro atoms. The molecule has 0 fully saturated rings. The van der Waals surface area contributed by atoms with Crippen molar-refractivity contribution >= 4 is 23.3 Å². The van der Waals surface area contributed by atoms with Gasteiger partial charge >= 0.3 is 5.97 Å². The number of esters is 1. The van der Waals surface area contributed by atoms with Gasteiger partial charge < -0.3 is 20.1 Å². The highest BCUT2D eigenvalue weighted by atomic mass is 16.5. The Morgan fingerprint density at radius 2 is 1.96 bits per heavy atom. The Morgan fingerprint density at radius 1 is 1.12 bits per heavy atom. The first kappa shape index (κ1) is 17.4. The van der Waals surface area contributed by atoms with Gasteiger partial charge in [0.25, 0.3) is 5.91 Å². The monoisotopic (exact) mass is 329 g/mol. The molecule has 0 aliphatic heterocycles. The first-order valence-electron chi connectivity index (χ1n) is 7.32. The number of nitrogens with zero attached hydrogens (tertiary/aromatic N) is 1. The predicted molar refractivity (Wildman–Crippen MR) is 89.5 cm³/mol. The van der Waals surface area contributed by atoms with E-state index in [-0.39, 0.29) is 5.91 Å². The van der Waals surface area contributed by atoms with Crippen molar-refractivity contribution in [1.82, 2.24) is 10.3 Å². The summed E-state index contributed by atoms with van der Waals surface area (Å²) in [6.07, 6.45) is 1.55. The maximum absolute atomic E-state index is 11.8. The van der Waals surface area contributed by atoms with E-state index in [2.05, 4.69) is 15.6 Å². The van der Waals surface area contributed by atoms with Gasteiger partial charge in [0, 0.05) is 19.3 Å². The van der Waals surface area contributed by atoms with Crippen LogP contribution in [0.4, 0.5) is 11.4 Å². The van der Waals surface area contributed by atoms with Crippen LogP contribution in [0.1, 0.15) is 20.8 Å². The van der Waals surface area contributed by atoms with Crippen molar-refractivity contribution in [3.8, 4) is 0 Å². The third-order valence-corrected chi connectivity index (χ3v) is 3.16. The van der Waals surface area contributed by atoms with E-state index in [9.17, 15) is 9.59 Å². The molecule has 7 heteroatoms. The summed E-state index contributed by atoms with van der Waals surface area (Å²) >= 11 is 0. The first-order chi connectivity index (χ1) is 11.6. The van der Waals surface area contributed by atoms with E-state index in [1.807, 2.05) is 6.07 Å². The number of pyridine rings is 1. The predicted octanol–water partition coefficient (Wildman–Crippen LogP) is 1.99. The third kappa shape index (κ3) is 4.79. The Bertz CT molecular complexity index is 701. The SMILES string of the molecule is COCCNC(=O)c1ccc(Nc2cccc(C(=O)OC)c2)cn1. The van der Waals surface area contributed by atoms with E-state index in [0.717, 1.165) is 5.69 Å². The molecule has 1 aromatic carbocycles. The van der Waals surface area contributed by atoms with Gasteiger partial charge in [-0.25, -0.2) is 9.78 Å². The molecule has 126 valence electrons. The number of rotatable bonds is 7. The normalized spacial score (nSPS) is 10.1. The molecule has 0 saturated carbocycles. The molecule has 0 aliphatic carbocycles. The number of carbonyl (C=O) groups excluding carboxylic acids is 2. The molecule has 1 aromatic heterocycles. The van der Waals surface area contributed by atoms with Crippen LogP contribution in [0.5, 0.6) is 0 Å². The lowest BCUT2D eigenvalue weighted by molar-refractivity contribution is 0.0600. The minimum Gasteiger partial charge on any atom is -0.465 e. The second-order valence-corrected chi connectivity index (χ2v) is 4.88. The van der Waals surface area contributed by atoms with Crippen LogP contribution in [0.2, 0.25) is 0 Å². The van der Waals surface area contributed by atoms with Crippen LogP contribution in [0.25, 0.3) is 0 Å². The fourth-order valence-corrected chi connectivity index (χ4v) is 1.97. The lowest BCUT2D eigenvalue weighted by Crippen LogP contribution is -2.27. The zero-order valence-corrected chi connectivity index (χ0v) is 13.5. The van der Waals surface area contributed by atoms with Gasteiger partial charge in [0.05, 0.1) is 31.2 Å². The summed E-state index contributed by atoms with van der Waals surface area (Å²) in [5.74, 6) is -0.661. The molecule has 1 heterocycles. The van der Waals surface area contributed by atoms with Crippen molar-refractivity contribution in [2.45, 2.75) is 0 Å². The summed E-state index contributed by atoms with van der Waals surface area (Å²) in [5, 5.41) is 5.82. The van der Waals surface area contributed by atoms with Crippen molar-refractivity contribution in [2.75, 3.05) is 32.7 Å². The van der Waals surface area contributed by atoms with Crippen molar-refractivity contribution in [3.63, 3.8) is 0 Å². The van der Waals surface area contributed by atoms with Gasteiger partial charge in [0.15, 0.2) is 0 Å². The van der Waals surface area contributed by atoms with E-state index in [0.29, 0.717) is 30.1 Å². The zero-order valence-electron chi connectivity index (χ0n) is 13.5. The van der Waals surface area contributed by atoms with Gasteiger partial charge in [-0.3, -0.25) is 4.79 Å². The highest BCUT2D eigenvalue weighted by Gasteiger charge is 2.08. The average molecular weight is 329 g/mol. The zero-order chi connectivity index (χ0) is 17.4. The van der Waals surface area contributed by atoms with Crippen LogP contribution in [-0.4, -0.2) is 44.2 Å². The number of hydrogen-bond donors (Lipinski definition) is 2. The molecule has 0 aliphatic rings. The first-order valence-corrected chi connectivity index (χ1v) is 7.32. The van der Waals surface area contributed by atoms with E-state index in [4.69, 9.17) is 9.47 Å². The molecular weight excluding hydrogens is 310 g/mol. The van der Waals surface area contributed by atoms with Gasteiger partial charge in [-0.15, -0.1) is 0 Å². The van der Waals surface area contributed by atoms with Gasteiger partial charge in [0.2, 0.25) is 0 Å². The highest BCUT2D eigenvalue weighted by molar-refractivity contribution is 5.92. The van der Waals surface area contributed by atoms with Gasteiger partial charge in [-0.2, -0.15) is 0 Å². The maximum atomic E-state index is 11.8. The van der Waals surface area contributed by atoms with Crippen molar-refractivity contribution in [1.29, 1.82) is 0 Å². The topological polar surface area (TPSA) is 89.6 Å². The van der Waals surface area contributed by atoms with Crippen LogP contribution in [0.15, 0.2) is 42.6 Å². The fourth-order valence-electron chi connectivity index (χ4n) is 1.97. The number of benzene rings is 1. The van der Waals surface area contributed by atoms with Crippen LogP contribution < -0.4 is 10.6 Å². The molecule has 0 atom stereocenters. The minimum absolute atomic E-state index is 0.258. The number of carbonyl (C=O) groups is 2. The Balaban J connectivity index is 2.01. The van der Waals surface area contributed by atoms with Crippen LogP contribution >= 0.6 is 0 Å². The lowest BCUT2D eigenvalue weighted by atomic mass is 10.2. The minimum atomic E-state index is -0.403. The summed E-state index contributed by atoms with van der Waals surface area (Å²) in [5.41, 5.74) is 2.19. The molecule has 2 N–H and O–H groups in total. The van der Waals surface area contributed by atoms with E-state index >= 15 is 0 Å². The Kier molecular flexibility index (Phi) is 6.27. The second kappa shape index (κ2) is 8.64. The van der Waals surface area contributed by atoms with Gasteiger partial charge in [-0.05, 0) is 30.3 Å². The van der Waals surface area contributed by atoms with Crippen LogP contribution in [-0.2, 0) is 9.47 Å². The quantitative estimate of drug-likeness (QED) is 0.596. The summed E-state index contributed by atoms with van der Waals surface area (Å²) < 4.78 is 9.56. The smallest absolute Gasteiger partial charge is 0.337 e. The number of nitrogens with one attached hydrogen (secondary N) is 2. The molecule has 2 rings (SSSR count). The summed E-state index contributed by atoms with van der Waals surface area (Å²) in [7, 11) is 2.91. The summed E-state index contributed by atoms with van der Waals surface area (Å²) in [6.45, 7) is 0.874. The number of methoxy groups -OCH3 is 2. The molecule has 0 bridgehead atoms. The number of amides is 1. The van der Waals surface area contributed by atoms with Crippen molar-refractivity contribution in [2.24, 2.45) is 0 Å². The number of ether oxygens (including phenoxy) is 2. The van der Waals surface area contributed by atoms with Crippen LogP contribution in [0.3, 0.4) is 0 Å². The van der Waals surface area contributed by atoms with Gasteiger partial charge in [-0.1, -0.05) is 6.07 Å². The average Bonchev–Trinajstić information content (AvgIpc) is 2.62. The largest absolute Gasteiger partial charge is 0.465 e. The second-order valence-electron chi connectivity index (χ2n) is 4.88. The molecular formula is C17H19N3O4. The Morgan fingerprint density at radius 3 is 2.62 bits per heavy atom. The Hall–Kier alpha value is -2.93. The van der Waals surface area contributed by atoms with Crippen LogP contribution in [0, 0.1) is 0 Å². The molecule has 7 nitrogen and oxygen atoms in total. The summed E-state index contributed by atoms with van der Waals surface area (Å²) in [4.78, 5) is 27.5. The number of hydrogen-bond acceptors (Lipinski definition) is 6. The van der Waals surface area contributed by atoms with Crippen molar-refractivity contribution in [3.05, 3.63) is 53.9 Å². The summed E-state index contributed by atoms with van der Waals surface area (Å²) in [6, 6.07) is 10.3. The molecule has 24 heavy (non-hydrogen) atoms. The van der Waals surface area contributed by atoms with E-state index in [1.54, 1.807) is 43.6 Å². The number of anilines is 2. The number of aromatic nitrogens is 1. The molecule has 1 amide bonds. The third-order valence-electron chi connectivity index (χ3n) is 3.16. The van der Waals surface area contributed by atoms with E-state index < -0.39 is 5.97 Å². The maximum Gasteiger partial charge on any atom is 0.337 e. The fraction of sp³-hybridized carbons (Fsp3) is 0.235. The molecule has 0 radical (unpaired) electrons. The van der Waals surface area contributed by atoms with E-state index in [1.165, 1.54) is 7.11 Å². The standard InChI is InChI=1S/C17H19N3O4/c1-23-9-8-18-16(21)15-7-6-14(11-19-15)20-13-5-3-4-12(10-13)17(22)24-2/h3-7,10-11,20H,8-9H2,1-2H3,(H,18,21). The van der Waals surface area contributed by atoms with Gasteiger partial charge in [0.1, 0.15) is 5.69 Å². The highest BCUT2D eigenvalue weighted by Crippen LogP contribution is 2.17. The molecule has 2 aromatic rings. The van der Waals surface area contributed by atoms with Crippen molar-refractivity contribution < 1.29 is 19.1 Å². The Labute approximate surface area is 140 Å². The molecule has 0 unspecified atom stereocenters. The lowest BCUT2D eigenvalue weighted by Gasteiger charge is -2.08.